The van der Waals surface area contributed by atoms with E-state index >= 15 is 0 Å². The van der Waals surface area contributed by atoms with Crippen LogP contribution in [0.5, 0.6) is 0 Å². The van der Waals surface area contributed by atoms with Crippen molar-refractivity contribution in [2.24, 2.45) is 5.92 Å². The Labute approximate surface area is 177 Å². The highest BCUT2D eigenvalue weighted by molar-refractivity contribution is 5.69. The molecule has 168 valence electrons. The van der Waals surface area contributed by atoms with E-state index in [0.717, 1.165) is 25.7 Å². The molecule has 28 heavy (non-hydrogen) atoms. The summed E-state index contributed by atoms with van der Waals surface area (Å²) in [7, 11) is 0. The van der Waals surface area contributed by atoms with Gasteiger partial charge in [0, 0.05) is 0 Å². The molecule has 0 fully saturated rings. The van der Waals surface area contributed by atoms with Crippen molar-refractivity contribution in [3.8, 4) is 0 Å². The molecule has 0 spiro atoms. The molecule has 0 bridgehead atoms. The van der Waals surface area contributed by atoms with Crippen molar-refractivity contribution in [2.75, 3.05) is 0 Å². The zero-order valence-corrected chi connectivity index (χ0v) is 19.5. The third-order valence-electron chi connectivity index (χ3n) is 6.16. The predicted octanol–water partition coefficient (Wildman–Crippen LogP) is 9.31. The molecule has 0 aliphatic heterocycles. The van der Waals surface area contributed by atoms with Crippen molar-refractivity contribution in [1.29, 1.82) is 0 Å². The third-order valence-corrected chi connectivity index (χ3v) is 6.16. The van der Waals surface area contributed by atoms with Gasteiger partial charge in [-0.2, -0.15) is 0 Å². The van der Waals surface area contributed by atoms with Gasteiger partial charge >= 0.3 is 5.97 Å². The van der Waals surface area contributed by atoms with Crippen LogP contribution in [0.1, 0.15) is 155 Å². The van der Waals surface area contributed by atoms with E-state index < -0.39 is 5.97 Å². The molecule has 0 rings (SSSR count). The van der Waals surface area contributed by atoms with Crippen LogP contribution >= 0.6 is 0 Å². The van der Waals surface area contributed by atoms with Crippen LogP contribution in [0.2, 0.25) is 0 Å². The second kappa shape index (κ2) is 22.8. The van der Waals surface area contributed by atoms with Crippen LogP contribution in [-0.4, -0.2) is 11.1 Å². The third kappa shape index (κ3) is 20.2. The van der Waals surface area contributed by atoms with Gasteiger partial charge in [-0.25, -0.2) is 0 Å². The van der Waals surface area contributed by atoms with Gasteiger partial charge in [0.15, 0.2) is 0 Å². The lowest BCUT2D eigenvalue weighted by Crippen LogP contribution is -2.13. The lowest BCUT2D eigenvalue weighted by molar-refractivity contribution is -0.142. The van der Waals surface area contributed by atoms with Crippen molar-refractivity contribution in [1.82, 2.24) is 0 Å². The van der Waals surface area contributed by atoms with Gasteiger partial charge < -0.3 is 5.11 Å². The van der Waals surface area contributed by atoms with Gasteiger partial charge in [-0.3, -0.25) is 4.79 Å². The van der Waals surface area contributed by atoms with Crippen molar-refractivity contribution in [2.45, 2.75) is 155 Å². The van der Waals surface area contributed by atoms with E-state index in [1.54, 1.807) is 0 Å². The summed E-state index contributed by atoms with van der Waals surface area (Å²) in [6.45, 7) is 4.51. The lowest BCUT2D eigenvalue weighted by Gasteiger charge is -2.12. The van der Waals surface area contributed by atoms with Crippen LogP contribution in [0.4, 0.5) is 0 Å². The van der Waals surface area contributed by atoms with E-state index in [9.17, 15) is 9.90 Å². The highest BCUT2D eigenvalue weighted by atomic mass is 16.4. The van der Waals surface area contributed by atoms with Crippen molar-refractivity contribution in [3.63, 3.8) is 0 Å². The molecule has 0 saturated heterocycles. The van der Waals surface area contributed by atoms with E-state index in [0.29, 0.717) is 0 Å². The smallest absolute Gasteiger partial charge is 0.306 e. The minimum atomic E-state index is -0.566. The summed E-state index contributed by atoms with van der Waals surface area (Å²) in [5.41, 5.74) is 0. The molecule has 0 heterocycles. The first-order chi connectivity index (χ1) is 13.7. The van der Waals surface area contributed by atoms with Gasteiger partial charge in [0.1, 0.15) is 0 Å². The second-order valence-electron chi connectivity index (χ2n) is 8.98. The van der Waals surface area contributed by atoms with Gasteiger partial charge in [-0.15, -0.1) is 0 Å². The van der Waals surface area contributed by atoms with E-state index in [-0.39, 0.29) is 5.92 Å². The fourth-order valence-corrected chi connectivity index (χ4v) is 4.15. The van der Waals surface area contributed by atoms with E-state index in [1.165, 1.54) is 116 Å². The van der Waals surface area contributed by atoms with Crippen LogP contribution in [0.15, 0.2) is 0 Å². The zero-order chi connectivity index (χ0) is 20.7. The zero-order valence-electron chi connectivity index (χ0n) is 19.5. The van der Waals surface area contributed by atoms with E-state index in [4.69, 9.17) is 0 Å². The molecule has 0 saturated carbocycles. The number of carboxylic acid groups (broad SMARTS) is 1. The molecule has 0 aliphatic carbocycles. The maximum atomic E-state index is 11.4. The van der Waals surface area contributed by atoms with Crippen LogP contribution in [0.3, 0.4) is 0 Å². The molecule has 0 aromatic rings. The highest BCUT2D eigenvalue weighted by Gasteiger charge is 2.16. The van der Waals surface area contributed by atoms with Crippen LogP contribution in [0, 0.1) is 5.92 Å². The average Bonchev–Trinajstić information content (AvgIpc) is 2.68. The summed E-state index contributed by atoms with van der Waals surface area (Å²) in [4.78, 5) is 11.4. The van der Waals surface area contributed by atoms with Gasteiger partial charge in [-0.05, 0) is 12.8 Å². The fourth-order valence-electron chi connectivity index (χ4n) is 4.15. The molecule has 1 atom stereocenters. The highest BCUT2D eigenvalue weighted by Crippen LogP contribution is 2.20. The quantitative estimate of drug-likeness (QED) is 0.175. The normalized spacial score (nSPS) is 12.4. The number of hydrogen-bond acceptors (Lipinski definition) is 1. The molecule has 0 radical (unpaired) electrons. The number of rotatable bonds is 23. The second-order valence-corrected chi connectivity index (χ2v) is 8.98. The Bertz CT molecular complexity index is 314. The standard InChI is InChI=1S/C26H52O2/c1-3-5-7-9-11-12-13-14-15-16-17-18-20-22-24-25(26(27)28)23-21-19-10-8-6-4-2/h25H,3-24H2,1-2H3,(H,27,28). The summed E-state index contributed by atoms with van der Waals surface area (Å²) in [5, 5.41) is 9.42. The summed E-state index contributed by atoms with van der Waals surface area (Å²) < 4.78 is 0. The van der Waals surface area contributed by atoms with Gasteiger partial charge in [-0.1, -0.05) is 142 Å². The molecule has 2 nitrogen and oxygen atoms in total. The number of hydrogen-bond donors (Lipinski definition) is 1. The maximum Gasteiger partial charge on any atom is 0.306 e. The Hall–Kier alpha value is -0.530. The largest absolute Gasteiger partial charge is 0.481 e. The number of aliphatic carboxylic acids is 1. The van der Waals surface area contributed by atoms with Gasteiger partial charge in [0.25, 0.3) is 0 Å². The predicted molar refractivity (Wildman–Crippen MR) is 124 cm³/mol. The number of carboxylic acids is 1. The topological polar surface area (TPSA) is 37.3 Å². The average molecular weight is 397 g/mol. The van der Waals surface area contributed by atoms with E-state index in [2.05, 4.69) is 13.8 Å². The Morgan fingerprint density at radius 2 is 0.750 bits per heavy atom. The summed E-state index contributed by atoms with van der Waals surface area (Å²) in [6, 6.07) is 0. The number of unbranched alkanes of at least 4 members (excludes halogenated alkanes) is 18. The van der Waals surface area contributed by atoms with Crippen LogP contribution < -0.4 is 0 Å². The first-order valence-electron chi connectivity index (χ1n) is 12.9. The molecule has 0 aromatic heterocycles. The Kier molecular flexibility index (Phi) is 22.3. The molecular formula is C26H52O2. The molecule has 0 amide bonds. The van der Waals surface area contributed by atoms with Crippen molar-refractivity contribution >= 4 is 5.97 Å². The van der Waals surface area contributed by atoms with Gasteiger partial charge in [0.2, 0.25) is 0 Å². The molecule has 0 aromatic carbocycles. The number of carbonyl (C=O) groups is 1. The first kappa shape index (κ1) is 27.5. The van der Waals surface area contributed by atoms with Gasteiger partial charge in [0.05, 0.1) is 5.92 Å². The van der Waals surface area contributed by atoms with E-state index in [1.807, 2.05) is 0 Å². The Balaban J connectivity index is 3.38. The molecule has 2 heteroatoms. The Morgan fingerprint density at radius 3 is 1.00 bits per heavy atom. The maximum absolute atomic E-state index is 11.4. The monoisotopic (exact) mass is 396 g/mol. The van der Waals surface area contributed by atoms with Crippen LogP contribution in [-0.2, 0) is 4.79 Å². The van der Waals surface area contributed by atoms with Crippen molar-refractivity contribution in [3.05, 3.63) is 0 Å². The molecule has 0 aliphatic rings. The summed E-state index contributed by atoms with van der Waals surface area (Å²) in [6.07, 6.45) is 28.3. The van der Waals surface area contributed by atoms with Crippen molar-refractivity contribution < 1.29 is 9.90 Å². The minimum absolute atomic E-state index is 0.0940. The fraction of sp³-hybridized carbons (Fsp3) is 0.962. The molecule has 1 unspecified atom stereocenters. The molecule has 1 N–H and O–H groups in total. The summed E-state index contributed by atoms with van der Waals surface area (Å²) in [5.74, 6) is -0.660. The Morgan fingerprint density at radius 1 is 0.500 bits per heavy atom. The summed E-state index contributed by atoms with van der Waals surface area (Å²) >= 11 is 0. The molecular weight excluding hydrogens is 344 g/mol. The minimum Gasteiger partial charge on any atom is -0.481 e. The first-order valence-corrected chi connectivity index (χ1v) is 12.9. The lowest BCUT2D eigenvalue weighted by atomic mass is 9.94. The SMILES string of the molecule is CCCCCCCCCCCCCCCCC(CCCCCCCC)C(=O)O. The van der Waals surface area contributed by atoms with Crippen LogP contribution in [0.25, 0.3) is 0 Å².